The van der Waals surface area contributed by atoms with Crippen LogP contribution in [0, 0.1) is 0 Å². The zero-order valence-corrected chi connectivity index (χ0v) is 17.4. The van der Waals surface area contributed by atoms with Gasteiger partial charge >= 0.3 is 5.97 Å². The summed E-state index contributed by atoms with van der Waals surface area (Å²) >= 11 is 1.81. The van der Waals surface area contributed by atoms with E-state index in [0.29, 0.717) is 11.9 Å². The number of esters is 1. The molecule has 146 valence electrons. The fourth-order valence-corrected chi connectivity index (χ4v) is 4.55. The molecule has 5 heteroatoms. The highest BCUT2D eigenvalue weighted by molar-refractivity contribution is 8.01. The van der Waals surface area contributed by atoms with Crippen molar-refractivity contribution in [2.75, 3.05) is 19.7 Å². The van der Waals surface area contributed by atoms with Gasteiger partial charge in [-0.3, -0.25) is 9.69 Å². The summed E-state index contributed by atoms with van der Waals surface area (Å²) in [6.45, 7) is 11.6. The second-order valence-electron chi connectivity index (χ2n) is 7.03. The van der Waals surface area contributed by atoms with Gasteiger partial charge in [0.1, 0.15) is 11.0 Å². The maximum atomic E-state index is 12.0. The molecule has 1 aromatic rings. The minimum absolute atomic E-state index is 0.0216. The Bertz CT molecular complexity index is 556. The monoisotopic (exact) mass is 379 g/mol. The topological polar surface area (TPSA) is 38.8 Å². The summed E-state index contributed by atoms with van der Waals surface area (Å²) < 4.78 is 11.1. The first kappa shape index (κ1) is 21.1. The van der Waals surface area contributed by atoms with Crippen LogP contribution in [0.4, 0.5) is 0 Å². The standard InChI is InChI=1S/C21H33NO3S/c1-5-20(21(23)24-6-2)26-18-11-13-22(14-12-18)15-17-9-7-8-10-19(17)25-16(3)4/h7-10,16,18,20H,5-6,11-15H2,1-4H3. The second kappa shape index (κ2) is 10.8. The molecule has 0 bridgehead atoms. The molecule has 0 N–H and O–H groups in total. The third kappa shape index (κ3) is 6.51. The Morgan fingerprint density at radius 1 is 1.23 bits per heavy atom. The molecule has 4 nitrogen and oxygen atoms in total. The largest absolute Gasteiger partial charge is 0.491 e. The van der Waals surface area contributed by atoms with Gasteiger partial charge < -0.3 is 9.47 Å². The van der Waals surface area contributed by atoms with Crippen molar-refractivity contribution in [3.05, 3.63) is 29.8 Å². The number of likely N-dealkylation sites (tertiary alicyclic amines) is 1. The number of benzene rings is 1. The number of thioether (sulfide) groups is 1. The molecular formula is C21H33NO3S. The molecule has 1 atom stereocenters. The van der Waals surface area contributed by atoms with Crippen LogP contribution in [0.3, 0.4) is 0 Å². The zero-order chi connectivity index (χ0) is 18.9. The normalized spacial score (nSPS) is 17.3. The molecule has 0 aromatic heterocycles. The molecule has 1 fully saturated rings. The number of carbonyl (C=O) groups excluding carboxylic acids is 1. The summed E-state index contributed by atoms with van der Waals surface area (Å²) in [5, 5.41) is 0.523. The van der Waals surface area contributed by atoms with Crippen molar-refractivity contribution in [2.24, 2.45) is 0 Å². The second-order valence-corrected chi connectivity index (χ2v) is 8.54. The van der Waals surface area contributed by atoms with Crippen molar-refractivity contribution < 1.29 is 14.3 Å². The van der Waals surface area contributed by atoms with Gasteiger partial charge in [0, 0.05) is 17.4 Å². The number of piperidine rings is 1. The third-order valence-electron chi connectivity index (χ3n) is 4.54. The van der Waals surface area contributed by atoms with E-state index < -0.39 is 0 Å². The molecule has 0 saturated carbocycles. The van der Waals surface area contributed by atoms with Gasteiger partial charge in [-0.2, -0.15) is 0 Å². The minimum atomic E-state index is -0.0535. The molecule has 0 aliphatic carbocycles. The first-order valence-corrected chi connectivity index (χ1v) is 10.8. The van der Waals surface area contributed by atoms with Crippen molar-refractivity contribution >= 4 is 17.7 Å². The lowest BCUT2D eigenvalue weighted by Crippen LogP contribution is -2.36. The van der Waals surface area contributed by atoms with Crippen molar-refractivity contribution in [1.82, 2.24) is 4.90 Å². The summed E-state index contributed by atoms with van der Waals surface area (Å²) in [7, 11) is 0. The average molecular weight is 380 g/mol. The van der Waals surface area contributed by atoms with Crippen molar-refractivity contribution in [3.8, 4) is 5.75 Å². The van der Waals surface area contributed by atoms with E-state index in [1.165, 1.54) is 5.56 Å². The third-order valence-corrected chi connectivity index (χ3v) is 6.25. The summed E-state index contributed by atoms with van der Waals surface area (Å²) in [6.07, 6.45) is 3.26. The summed E-state index contributed by atoms with van der Waals surface area (Å²) in [5.41, 5.74) is 1.25. The summed E-state index contributed by atoms with van der Waals surface area (Å²) in [6, 6.07) is 8.33. The Balaban J connectivity index is 1.84. The van der Waals surface area contributed by atoms with Gasteiger partial charge in [0.25, 0.3) is 0 Å². The average Bonchev–Trinajstić information content (AvgIpc) is 2.62. The number of nitrogens with zero attached hydrogens (tertiary/aromatic N) is 1. The fraction of sp³-hybridized carbons (Fsp3) is 0.667. The van der Waals surface area contributed by atoms with Crippen LogP contribution in [0.1, 0.15) is 52.5 Å². The van der Waals surface area contributed by atoms with Crippen LogP contribution < -0.4 is 4.74 Å². The fourth-order valence-electron chi connectivity index (χ4n) is 3.23. The Morgan fingerprint density at radius 3 is 2.54 bits per heavy atom. The van der Waals surface area contributed by atoms with E-state index in [9.17, 15) is 4.79 Å². The smallest absolute Gasteiger partial charge is 0.319 e. The molecule has 1 unspecified atom stereocenters. The highest BCUT2D eigenvalue weighted by Gasteiger charge is 2.26. The van der Waals surface area contributed by atoms with Gasteiger partial charge in [0.15, 0.2) is 0 Å². The van der Waals surface area contributed by atoms with E-state index in [2.05, 4.69) is 43.9 Å². The maximum Gasteiger partial charge on any atom is 0.319 e. The lowest BCUT2D eigenvalue weighted by Gasteiger charge is -2.33. The van der Waals surface area contributed by atoms with E-state index in [-0.39, 0.29) is 17.3 Å². The first-order valence-electron chi connectivity index (χ1n) is 9.82. The Kier molecular flexibility index (Phi) is 8.79. The van der Waals surface area contributed by atoms with Gasteiger partial charge in [-0.25, -0.2) is 0 Å². The lowest BCUT2D eigenvalue weighted by molar-refractivity contribution is -0.142. The molecule has 0 spiro atoms. The highest BCUT2D eigenvalue weighted by Crippen LogP contribution is 2.30. The van der Waals surface area contributed by atoms with Gasteiger partial charge in [-0.05, 0) is 59.2 Å². The van der Waals surface area contributed by atoms with E-state index in [4.69, 9.17) is 9.47 Å². The van der Waals surface area contributed by atoms with Gasteiger partial charge in [0.2, 0.25) is 0 Å². The van der Waals surface area contributed by atoms with E-state index in [1.807, 2.05) is 24.8 Å². The molecule has 1 aromatic carbocycles. The van der Waals surface area contributed by atoms with E-state index in [1.54, 1.807) is 0 Å². The van der Waals surface area contributed by atoms with Crippen molar-refractivity contribution in [1.29, 1.82) is 0 Å². The summed E-state index contributed by atoms with van der Waals surface area (Å²) in [5.74, 6) is 0.939. The van der Waals surface area contributed by atoms with Crippen LogP contribution in [0.5, 0.6) is 5.75 Å². The van der Waals surface area contributed by atoms with Crippen LogP contribution in [-0.2, 0) is 16.1 Å². The Labute approximate surface area is 162 Å². The lowest BCUT2D eigenvalue weighted by atomic mass is 10.1. The molecule has 2 rings (SSSR count). The molecular weight excluding hydrogens is 346 g/mol. The van der Waals surface area contributed by atoms with Crippen LogP contribution >= 0.6 is 11.8 Å². The van der Waals surface area contributed by atoms with E-state index >= 15 is 0 Å². The number of hydrogen-bond acceptors (Lipinski definition) is 5. The Morgan fingerprint density at radius 2 is 1.92 bits per heavy atom. The predicted molar refractivity (Wildman–Crippen MR) is 109 cm³/mol. The minimum Gasteiger partial charge on any atom is -0.491 e. The molecule has 1 aliphatic heterocycles. The van der Waals surface area contributed by atoms with E-state index in [0.717, 1.165) is 44.6 Å². The number of carbonyl (C=O) groups is 1. The zero-order valence-electron chi connectivity index (χ0n) is 16.6. The molecule has 26 heavy (non-hydrogen) atoms. The maximum absolute atomic E-state index is 12.0. The van der Waals surface area contributed by atoms with Crippen LogP contribution in [0.15, 0.2) is 24.3 Å². The quantitative estimate of drug-likeness (QED) is 0.590. The van der Waals surface area contributed by atoms with Gasteiger partial charge in [0.05, 0.1) is 12.7 Å². The highest BCUT2D eigenvalue weighted by atomic mass is 32.2. The van der Waals surface area contributed by atoms with Crippen molar-refractivity contribution in [2.45, 2.75) is 70.1 Å². The van der Waals surface area contributed by atoms with Crippen LogP contribution in [-0.4, -0.2) is 47.2 Å². The van der Waals surface area contributed by atoms with Crippen LogP contribution in [0.25, 0.3) is 0 Å². The Hall–Kier alpha value is -1.20. The number of ether oxygens (including phenoxy) is 2. The van der Waals surface area contributed by atoms with Gasteiger partial charge in [-0.15, -0.1) is 11.8 Å². The summed E-state index contributed by atoms with van der Waals surface area (Å²) in [4.78, 5) is 14.5. The first-order chi connectivity index (χ1) is 12.5. The number of hydrogen-bond donors (Lipinski definition) is 0. The van der Waals surface area contributed by atoms with Gasteiger partial charge in [-0.1, -0.05) is 25.1 Å². The molecule has 1 saturated heterocycles. The number of rotatable bonds is 9. The van der Waals surface area contributed by atoms with Crippen LogP contribution in [0.2, 0.25) is 0 Å². The SMILES string of the molecule is CCOC(=O)C(CC)SC1CCN(Cc2ccccc2OC(C)C)CC1. The van der Waals surface area contributed by atoms with Crippen molar-refractivity contribution in [3.63, 3.8) is 0 Å². The molecule has 0 radical (unpaired) electrons. The molecule has 1 heterocycles. The molecule has 1 aliphatic rings. The molecule has 0 amide bonds. The number of para-hydroxylation sites is 1. The predicted octanol–water partition coefficient (Wildman–Crippen LogP) is 4.51.